The van der Waals surface area contributed by atoms with Crippen molar-refractivity contribution >= 4 is 17.6 Å². The first-order valence-electron chi connectivity index (χ1n) is 7.24. The molecule has 3 aromatic rings. The highest BCUT2D eigenvalue weighted by Crippen LogP contribution is 2.22. The van der Waals surface area contributed by atoms with E-state index in [0.717, 1.165) is 5.69 Å². The quantitative estimate of drug-likeness (QED) is 0.732. The van der Waals surface area contributed by atoms with Crippen LogP contribution in [-0.2, 0) is 17.4 Å². The van der Waals surface area contributed by atoms with E-state index in [9.17, 15) is 9.90 Å². The highest BCUT2D eigenvalue weighted by atomic mass is 16.4. The van der Waals surface area contributed by atoms with Gasteiger partial charge in [-0.1, -0.05) is 0 Å². The molecule has 3 heterocycles. The number of aromatic nitrogens is 6. The van der Waals surface area contributed by atoms with Crippen LogP contribution in [0.5, 0.6) is 0 Å². The highest BCUT2D eigenvalue weighted by Gasteiger charge is 2.30. The molecule has 0 amide bonds. The topological polar surface area (TPSA) is 111 Å². The van der Waals surface area contributed by atoms with Gasteiger partial charge in [0.2, 0.25) is 5.95 Å². The Morgan fingerprint density at radius 1 is 1.25 bits per heavy atom. The van der Waals surface area contributed by atoms with Crippen molar-refractivity contribution in [2.75, 3.05) is 5.32 Å². The van der Waals surface area contributed by atoms with Crippen molar-refractivity contribution in [3.63, 3.8) is 0 Å². The number of hydrogen-bond acceptors (Lipinski definition) is 6. The van der Waals surface area contributed by atoms with E-state index in [1.807, 2.05) is 13.2 Å². The van der Waals surface area contributed by atoms with Crippen molar-refractivity contribution in [3.8, 4) is 11.3 Å². The third kappa shape index (κ3) is 2.96. The molecule has 0 aliphatic heterocycles. The van der Waals surface area contributed by atoms with Crippen LogP contribution in [0.1, 0.15) is 13.8 Å². The Balaban J connectivity index is 1.87. The minimum atomic E-state index is -1.14. The molecule has 0 atom stereocenters. The summed E-state index contributed by atoms with van der Waals surface area (Å²) in [4.78, 5) is 19.9. The molecule has 0 bridgehead atoms. The minimum Gasteiger partial charge on any atom is -0.479 e. The molecule has 0 unspecified atom stereocenters. The SMILES string of the molecule is Cn1cc(Nc2nccc(-c3cnn(C(C)(C)C(=O)O)c3)n2)cn1. The van der Waals surface area contributed by atoms with E-state index in [1.165, 1.54) is 4.68 Å². The lowest BCUT2D eigenvalue weighted by Crippen LogP contribution is -2.35. The zero-order valence-corrected chi connectivity index (χ0v) is 13.5. The molecular formula is C15H17N7O2. The second kappa shape index (κ2) is 5.76. The fraction of sp³-hybridized carbons (Fsp3) is 0.267. The second-order valence-corrected chi connectivity index (χ2v) is 5.83. The Morgan fingerprint density at radius 2 is 2.04 bits per heavy atom. The van der Waals surface area contributed by atoms with Crippen LogP contribution in [0.2, 0.25) is 0 Å². The van der Waals surface area contributed by atoms with Gasteiger partial charge in [0.1, 0.15) is 0 Å². The maximum atomic E-state index is 11.3. The first-order chi connectivity index (χ1) is 11.4. The van der Waals surface area contributed by atoms with Gasteiger partial charge in [-0.05, 0) is 19.9 Å². The predicted molar refractivity (Wildman–Crippen MR) is 86.7 cm³/mol. The molecule has 124 valence electrons. The van der Waals surface area contributed by atoms with Crippen molar-refractivity contribution in [2.24, 2.45) is 7.05 Å². The van der Waals surface area contributed by atoms with E-state index in [2.05, 4.69) is 25.5 Å². The molecule has 0 aromatic carbocycles. The molecule has 3 rings (SSSR count). The van der Waals surface area contributed by atoms with Crippen LogP contribution in [0.15, 0.2) is 37.1 Å². The average molecular weight is 327 g/mol. The van der Waals surface area contributed by atoms with Gasteiger partial charge in [0, 0.05) is 31.2 Å². The van der Waals surface area contributed by atoms with Crippen LogP contribution in [-0.4, -0.2) is 40.6 Å². The fourth-order valence-electron chi connectivity index (χ4n) is 2.05. The fourth-order valence-corrected chi connectivity index (χ4v) is 2.05. The number of hydrogen-bond donors (Lipinski definition) is 2. The molecule has 0 aliphatic carbocycles. The van der Waals surface area contributed by atoms with E-state index in [-0.39, 0.29) is 0 Å². The molecule has 0 radical (unpaired) electrons. The third-order valence-electron chi connectivity index (χ3n) is 3.59. The Kier molecular flexibility index (Phi) is 3.76. The lowest BCUT2D eigenvalue weighted by atomic mass is 10.1. The van der Waals surface area contributed by atoms with E-state index >= 15 is 0 Å². The van der Waals surface area contributed by atoms with Crippen molar-refractivity contribution in [1.29, 1.82) is 0 Å². The van der Waals surface area contributed by atoms with E-state index in [0.29, 0.717) is 17.2 Å². The number of carbonyl (C=O) groups is 1. The Hall–Kier alpha value is -3.23. The summed E-state index contributed by atoms with van der Waals surface area (Å²) in [6.45, 7) is 3.17. The number of rotatable bonds is 5. The largest absolute Gasteiger partial charge is 0.479 e. The molecule has 0 spiro atoms. The molecule has 9 nitrogen and oxygen atoms in total. The predicted octanol–water partition coefficient (Wildman–Crippen LogP) is 1.64. The van der Waals surface area contributed by atoms with Gasteiger partial charge >= 0.3 is 5.97 Å². The Morgan fingerprint density at radius 3 is 2.71 bits per heavy atom. The standard InChI is InChI=1S/C15H17N7O2/c1-15(2,13(23)24)22-8-10(6-18-22)12-4-5-16-14(20-12)19-11-7-17-21(3)9-11/h4-9H,1-3H3,(H,23,24)(H,16,19,20). The number of carboxylic acids is 1. The maximum absolute atomic E-state index is 11.3. The van der Waals surface area contributed by atoms with Gasteiger partial charge < -0.3 is 10.4 Å². The molecule has 0 saturated heterocycles. The zero-order chi connectivity index (χ0) is 17.3. The summed E-state index contributed by atoms with van der Waals surface area (Å²) < 4.78 is 3.07. The van der Waals surface area contributed by atoms with Gasteiger partial charge in [0.25, 0.3) is 0 Å². The van der Waals surface area contributed by atoms with E-state index in [1.54, 1.807) is 49.4 Å². The lowest BCUT2D eigenvalue weighted by molar-refractivity contribution is -0.146. The highest BCUT2D eigenvalue weighted by molar-refractivity contribution is 5.75. The number of aliphatic carboxylic acids is 1. The molecule has 9 heteroatoms. The molecule has 0 fully saturated rings. The normalized spacial score (nSPS) is 11.5. The van der Waals surface area contributed by atoms with E-state index < -0.39 is 11.5 Å². The van der Waals surface area contributed by atoms with Crippen LogP contribution in [0, 0.1) is 0 Å². The molecular weight excluding hydrogens is 310 g/mol. The van der Waals surface area contributed by atoms with Crippen LogP contribution in [0.25, 0.3) is 11.3 Å². The smallest absolute Gasteiger partial charge is 0.331 e. The summed E-state index contributed by atoms with van der Waals surface area (Å²) in [5.41, 5.74) is 0.990. The summed E-state index contributed by atoms with van der Waals surface area (Å²) in [5, 5.41) is 20.6. The van der Waals surface area contributed by atoms with Gasteiger partial charge in [-0.15, -0.1) is 0 Å². The molecule has 24 heavy (non-hydrogen) atoms. The summed E-state index contributed by atoms with van der Waals surface area (Å²) in [7, 11) is 1.82. The first kappa shape index (κ1) is 15.7. The van der Waals surface area contributed by atoms with Crippen LogP contribution >= 0.6 is 0 Å². The summed E-state index contributed by atoms with van der Waals surface area (Å²) >= 11 is 0. The van der Waals surface area contributed by atoms with Gasteiger partial charge in [-0.25, -0.2) is 14.8 Å². The second-order valence-electron chi connectivity index (χ2n) is 5.83. The number of carboxylic acid groups (broad SMARTS) is 1. The number of anilines is 2. The van der Waals surface area contributed by atoms with Crippen LogP contribution in [0.4, 0.5) is 11.6 Å². The average Bonchev–Trinajstić information content (AvgIpc) is 3.17. The number of aryl methyl sites for hydroxylation is 1. The minimum absolute atomic E-state index is 0.422. The van der Waals surface area contributed by atoms with Crippen molar-refractivity contribution in [1.82, 2.24) is 29.5 Å². The Bertz CT molecular complexity index is 881. The molecule has 0 saturated carbocycles. The zero-order valence-electron chi connectivity index (χ0n) is 13.5. The van der Waals surface area contributed by atoms with Gasteiger partial charge in [0.05, 0.1) is 23.8 Å². The first-order valence-corrected chi connectivity index (χ1v) is 7.24. The van der Waals surface area contributed by atoms with Crippen LogP contribution < -0.4 is 5.32 Å². The van der Waals surface area contributed by atoms with Crippen molar-refractivity contribution < 1.29 is 9.90 Å². The summed E-state index contributed by atoms with van der Waals surface area (Å²) in [6.07, 6.45) is 8.35. The van der Waals surface area contributed by atoms with Gasteiger partial charge in [0.15, 0.2) is 5.54 Å². The monoisotopic (exact) mass is 327 g/mol. The van der Waals surface area contributed by atoms with Crippen LogP contribution in [0.3, 0.4) is 0 Å². The van der Waals surface area contributed by atoms with Gasteiger partial charge in [-0.2, -0.15) is 10.2 Å². The third-order valence-corrected chi connectivity index (χ3v) is 3.59. The maximum Gasteiger partial charge on any atom is 0.331 e. The molecule has 3 aromatic heterocycles. The lowest BCUT2D eigenvalue weighted by Gasteiger charge is -2.19. The Labute approximate surface area is 138 Å². The summed E-state index contributed by atoms with van der Waals surface area (Å²) in [6, 6.07) is 1.74. The van der Waals surface area contributed by atoms with Crippen molar-refractivity contribution in [3.05, 3.63) is 37.1 Å². The summed E-state index contributed by atoms with van der Waals surface area (Å²) in [5.74, 6) is -0.537. The van der Waals surface area contributed by atoms with E-state index in [4.69, 9.17) is 0 Å². The van der Waals surface area contributed by atoms with Crippen molar-refractivity contribution in [2.45, 2.75) is 19.4 Å². The van der Waals surface area contributed by atoms with Gasteiger partial charge in [-0.3, -0.25) is 9.36 Å². The number of nitrogens with zero attached hydrogens (tertiary/aromatic N) is 6. The molecule has 2 N–H and O–H groups in total. The molecule has 0 aliphatic rings. The number of nitrogens with one attached hydrogen (secondary N) is 1.